The van der Waals surface area contributed by atoms with Crippen LogP contribution in [-0.4, -0.2) is 44.8 Å². The lowest BCUT2D eigenvalue weighted by molar-refractivity contribution is -0.129. The molecule has 25 heavy (non-hydrogen) atoms. The first-order valence-corrected chi connectivity index (χ1v) is 9.56. The molecule has 1 N–H and O–H groups in total. The molecular weight excluding hydrogens is 338 g/mol. The second-order valence-electron chi connectivity index (χ2n) is 5.77. The average Bonchev–Trinajstić information content (AvgIpc) is 2.65. The zero-order valence-electron chi connectivity index (χ0n) is 14.5. The van der Waals surface area contributed by atoms with Crippen LogP contribution in [0.25, 0.3) is 0 Å². The molecule has 134 valence electrons. The van der Waals surface area contributed by atoms with Gasteiger partial charge in [-0.3, -0.25) is 9.78 Å². The van der Waals surface area contributed by atoms with Crippen LogP contribution in [0, 0.1) is 0 Å². The molecule has 2 aromatic rings. The number of hydrogen-bond acceptors (Lipinski definition) is 4. The van der Waals surface area contributed by atoms with E-state index in [1.54, 1.807) is 48.6 Å². The number of likely N-dealkylation sites (N-methyl/N-ethyl adjacent to an activating group) is 1. The molecule has 1 aromatic carbocycles. The predicted molar refractivity (Wildman–Crippen MR) is 96.6 cm³/mol. The van der Waals surface area contributed by atoms with Crippen molar-refractivity contribution in [2.24, 2.45) is 0 Å². The summed E-state index contributed by atoms with van der Waals surface area (Å²) in [4.78, 5) is 18.1. The zero-order chi connectivity index (χ0) is 18.3. The predicted octanol–water partition coefficient (Wildman–Crippen LogP) is 1.62. The van der Waals surface area contributed by atoms with Crippen molar-refractivity contribution < 1.29 is 13.2 Å². The molecule has 0 aliphatic carbocycles. The minimum atomic E-state index is -3.42. The second kappa shape index (κ2) is 8.73. The Bertz CT molecular complexity index is 790. The van der Waals surface area contributed by atoms with Crippen LogP contribution in [0.15, 0.2) is 53.7 Å². The summed E-state index contributed by atoms with van der Waals surface area (Å²) in [6.45, 7) is 0.655. The van der Waals surface area contributed by atoms with Crippen molar-refractivity contribution in [3.63, 3.8) is 0 Å². The summed E-state index contributed by atoms with van der Waals surface area (Å²) in [5.41, 5.74) is 2.09. The molecule has 0 saturated carbocycles. The summed E-state index contributed by atoms with van der Waals surface area (Å²) >= 11 is 0. The molecule has 0 bridgehead atoms. The van der Waals surface area contributed by atoms with Gasteiger partial charge in [0.1, 0.15) is 0 Å². The molecule has 6 nitrogen and oxygen atoms in total. The average molecular weight is 361 g/mol. The summed E-state index contributed by atoms with van der Waals surface area (Å²) in [5.74, 6) is 0.0704. The summed E-state index contributed by atoms with van der Waals surface area (Å²) in [5, 5.41) is 0. The molecule has 0 saturated heterocycles. The summed E-state index contributed by atoms with van der Waals surface area (Å²) in [6.07, 6.45) is 5.26. The standard InChI is InChI=1S/C18H23N3O3S/c1-19-25(23,24)17-6-3-15(4-7-17)5-8-18(22)21(2)14-11-16-9-12-20-13-10-16/h3-4,6-7,9-10,12-13,19H,5,8,11,14H2,1-2H3. The fraction of sp³-hybridized carbons (Fsp3) is 0.333. The molecule has 7 heteroatoms. The smallest absolute Gasteiger partial charge is 0.240 e. The van der Waals surface area contributed by atoms with Crippen molar-refractivity contribution in [1.29, 1.82) is 0 Å². The molecule has 0 aliphatic heterocycles. The van der Waals surface area contributed by atoms with Crippen LogP contribution < -0.4 is 4.72 Å². The zero-order valence-corrected chi connectivity index (χ0v) is 15.3. The maximum Gasteiger partial charge on any atom is 0.240 e. The number of hydrogen-bond donors (Lipinski definition) is 1. The van der Waals surface area contributed by atoms with Crippen molar-refractivity contribution in [1.82, 2.24) is 14.6 Å². The number of nitrogens with zero attached hydrogens (tertiary/aromatic N) is 2. The van der Waals surface area contributed by atoms with Gasteiger partial charge in [0, 0.05) is 32.4 Å². The highest BCUT2D eigenvalue weighted by Gasteiger charge is 2.12. The van der Waals surface area contributed by atoms with E-state index in [1.807, 2.05) is 12.1 Å². The van der Waals surface area contributed by atoms with Gasteiger partial charge in [-0.25, -0.2) is 13.1 Å². The topological polar surface area (TPSA) is 79.4 Å². The van der Waals surface area contributed by atoms with Crippen LogP contribution in [0.5, 0.6) is 0 Å². The number of nitrogens with one attached hydrogen (secondary N) is 1. The lowest BCUT2D eigenvalue weighted by Gasteiger charge is -2.17. The van der Waals surface area contributed by atoms with Gasteiger partial charge in [-0.2, -0.15) is 0 Å². The summed E-state index contributed by atoms with van der Waals surface area (Å²) in [7, 11) is -0.247. The minimum absolute atomic E-state index is 0.0704. The SMILES string of the molecule is CNS(=O)(=O)c1ccc(CCC(=O)N(C)CCc2ccncc2)cc1. The molecule has 1 amide bonds. The maximum absolute atomic E-state index is 12.2. The molecule has 1 heterocycles. The number of aryl methyl sites for hydroxylation is 1. The van der Waals surface area contributed by atoms with E-state index in [-0.39, 0.29) is 10.8 Å². The number of aromatic nitrogens is 1. The van der Waals surface area contributed by atoms with Crippen molar-refractivity contribution >= 4 is 15.9 Å². The van der Waals surface area contributed by atoms with Crippen LogP contribution >= 0.6 is 0 Å². The first-order chi connectivity index (χ1) is 11.9. The normalized spacial score (nSPS) is 11.3. The van der Waals surface area contributed by atoms with E-state index in [0.29, 0.717) is 19.4 Å². The van der Waals surface area contributed by atoms with E-state index in [0.717, 1.165) is 17.5 Å². The number of sulfonamides is 1. The van der Waals surface area contributed by atoms with Crippen LogP contribution in [0.3, 0.4) is 0 Å². The van der Waals surface area contributed by atoms with E-state index < -0.39 is 10.0 Å². The van der Waals surface area contributed by atoms with Gasteiger partial charge in [0.05, 0.1) is 4.90 Å². The maximum atomic E-state index is 12.2. The van der Waals surface area contributed by atoms with Crippen molar-refractivity contribution in [3.8, 4) is 0 Å². The highest BCUT2D eigenvalue weighted by Crippen LogP contribution is 2.12. The Morgan fingerprint density at radius 3 is 2.24 bits per heavy atom. The Balaban J connectivity index is 1.83. The van der Waals surface area contributed by atoms with Crippen LogP contribution in [0.1, 0.15) is 17.5 Å². The van der Waals surface area contributed by atoms with Gasteiger partial charge in [-0.1, -0.05) is 12.1 Å². The van der Waals surface area contributed by atoms with Gasteiger partial charge < -0.3 is 4.90 Å². The monoisotopic (exact) mass is 361 g/mol. The van der Waals surface area contributed by atoms with Gasteiger partial charge >= 0.3 is 0 Å². The molecule has 0 aliphatic rings. The highest BCUT2D eigenvalue weighted by molar-refractivity contribution is 7.89. The first-order valence-electron chi connectivity index (χ1n) is 8.08. The van der Waals surface area contributed by atoms with Crippen LogP contribution in [0.4, 0.5) is 0 Å². The van der Waals surface area contributed by atoms with Gasteiger partial charge in [0.25, 0.3) is 0 Å². The third kappa shape index (κ3) is 5.65. The quantitative estimate of drug-likeness (QED) is 0.775. The molecular formula is C18H23N3O3S. The van der Waals surface area contributed by atoms with Crippen LogP contribution in [0.2, 0.25) is 0 Å². The summed E-state index contributed by atoms with van der Waals surface area (Å²) in [6, 6.07) is 10.5. The van der Waals surface area contributed by atoms with Crippen molar-refractivity contribution in [2.45, 2.75) is 24.2 Å². The van der Waals surface area contributed by atoms with E-state index in [1.165, 1.54) is 7.05 Å². The Hall–Kier alpha value is -2.25. The molecule has 0 spiro atoms. The van der Waals surface area contributed by atoms with Crippen molar-refractivity contribution in [2.75, 3.05) is 20.6 Å². The fourth-order valence-electron chi connectivity index (χ4n) is 2.37. The van der Waals surface area contributed by atoms with E-state index >= 15 is 0 Å². The Kier molecular flexibility index (Phi) is 6.66. The van der Waals surface area contributed by atoms with Gasteiger partial charge in [-0.05, 0) is 55.3 Å². The number of rotatable bonds is 8. The van der Waals surface area contributed by atoms with Gasteiger partial charge in [0.15, 0.2) is 0 Å². The molecule has 0 unspecified atom stereocenters. The molecule has 2 rings (SSSR count). The third-order valence-electron chi connectivity index (χ3n) is 4.04. The molecule has 0 radical (unpaired) electrons. The minimum Gasteiger partial charge on any atom is -0.345 e. The van der Waals surface area contributed by atoms with E-state index in [4.69, 9.17) is 0 Å². The summed E-state index contributed by atoms with van der Waals surface area (Å²) < 4.78 is 25.6. The molecule has 0 atom stereocenters. The Morgan fingerprint density at radius 1 is 1.04 bits per heavy atom. The van der Waals surface area contributed by atoms with Gasteiger partial charge in [-0.15, -0.1) is 0 Å². The third-order valence-corrected chi connectivity index (χ3v) is 5.47. The number of carbonyl (C=O) groups excluding carboxylic acids is 1. The Morgan fingerprint density at radius 2 is 1.64 bits per heavy atom. The number of amides is 1. The fourth-order valence-corrected chi connectivity index (χ4v) is 3.10. The van der Waals surface area contributed by atoms with E-state index in [2.05, 4.69) is 9.71 Å². The van der Waals surface area contributed by atoms with Crippen molar-refractivity contribution in [3.05, 3.63) is 59.9 Å². The Labute approximate surface area is 148 Å². The second-order valence-corrected chi connectivity index (χ2v) is 7.66. The number of pyridine rings is 1. The van der Waals surface area contributed by atoms with Crippen LogP contribution in [-0.2, 0) is 27.7 Å². The number of benzene rings is 1. The largest absolute Gasteiger partial charge is 0.345 e. The highest BCUT2D eigenvalue weighted by atomic mass is 32.2. The lowest BCUT2D eigenvalue weighted by atomic mass is 10.1. The van der Waals surface area contributed by atoms with Gasteiger partial charge in [0.2, 0.25) is 15.9 Å². The molecule has 0 fully saturated rings. The lowest BCUT2D eigenvalue weighted by Crippen LogP contribution is -2.29. The molecule has 1 aromatic heterocycles. The number of carbonyl (C=O) groups is 1. The first kappa shape index (κ1) is 19.1. The van der Waals surface area contributed by atoms with E-state index in [9.17, 15) is 13.2 Å².